The molecule has 1 saturated carbocycles. The SMILES string of the molecule is Cc1cccc2nc(C(=O)N[C@H]3CC[C@@H](NC(=O)c4cc(F)cnc4Oc4cccc(-c5ccc(CN6CCCN(C)CC6)cc5CN5CCOCC5)c4)CC3)cn12. The van der Waals surface area contributed by atoms with E-state index in [1.165, 1.54) is 23.6 Å². The van der Waals surface area contributed by atoms with E-state index in [-0.39, 0.29) is 29.4 Å². The summed E-state index contributed by atoms with van der Waals surface area (Å²) in [5.41, 5.74) is 6.76. The Morgan fingerprint density at radius 3 is 2.40 bits per heavy atom. The zero-order chi connectivity index (χ0) is 40.0. The Morgan fingerprint density at radius 1 is 0.845 bits per heavy atom. The number of aromatic nitrogens is 3. The minimum absolute atomic E-state index is 0.0278. The lowest BCUT2D eigenvalue weighted by molar-refractivity contribution is 0.0342. The number of halogens is 1. The lowest BCUT2D eigenvalue weighted by Crippen LogP contribution is -2.44. The van der Waals surface area contributed by atoms with Crippen LogP contribution in [0.5, 0.6) is 11.6 Å². The van der Waals surface area contributed by atoms with Crippen LogP contribution in [0.2, 0.25) is 0 Å². The number of rotatable bonds is 11. The topological polar surface area (TPSA) is 117 Å². The van der Waals surface area contributed by atoms with Crippen molar-refractivity contribution in [3.63, 3.8) is 0 Å². The van der Waals surface area contributed by atoms with Crippen molar-refractivity contribution >= 4 is 17.5 Å². The number of nitrogens with zero attached hydrogens (tertiary/aromatic N) is 6. The van der Waals surface area contributed by atoms with Crippen LogP contribution in [0, 0.1) is 12.7 Å². The molecule has 5 heterocycles. The monoisotopic (exact) mass is 788 g/mol. The predicted octanol–water partition coefficient (Wildman–Crippen LogP) is 6.08. The molecule has 2 aliphatic heterocycles. The molecule has 304 valence electrons. The Bertz CT molecular complexity index is 2230. The lowest BCUT2D eigenvalue weighted by Gasteiger charge is -2.29. The van der Waals surface area contributed by atoms with E-state index < -0.39 is 11.7 Å². The van der Waals surface area contributed by atoms with Gasteiger partial charge in [-0.15, -0.1) is 0 Å². The predicted molar refractivity (Wildman–Crippen MR) is 221 cm³/mol. The summed E-state index contributed by atoms with van der Waals surface area (Å²) in [6, 6.07) is 21.3. The van der Waals surface area contributed by atoms with Crippen LogP contribution in [-0.2, 0) is 17.8 Å². The van der Waals surface area contributed by atoms with Gasteiger partial charge in [0.15, 0.2) is 0 Å². The van der Waals surface area contributed by atoms with Crippen LogP contribution in [0.15, 0.2) is 79.1 Å². The number of hydrogen-bond donors (Lipinski definition) is 2. The van der Waals surface area contributed by atoms with E-state index in [9.17, 15) is 14.0 Å². The highest BCUT2D eigenvalue weighted by atomic mass is 19.1. The summed E-state index contributed by atoms with van der Waals surface area (Å²) in [4.78, 5) is 42.8. The van der Waals surface area contributed by atoms with Gasteiger partial charge in [-0.3, -0.25) is 19.4 Å². The highest BCUT2D eigenvalue weighted by Gasteiger charge is 2.27. The summed E-state index contributed by atoms with van der Waals surface area (Å²) < 4.78 is 28.4. The van der Waals surface area contributed by atoms with Crippen molar-refractivity contribution in [2.45, 2.75) is 64.2 Å². The number of fused-ring (bicyclic) bond motifs is 1. The molecule has 13 heteroatoms. The van der Waals surface area contributed by atoms with Crippen molar-refractivity contribution in [2.75, 3.05) is 59.5 Å². The van der Waals surface area contributed by atoms with Gasteiger partial charge in [0.05, 0.1) is 19.4 Å². The number of amides is 2. The van der Waals surface area contributed by atoms with E-state index in [4.69, 9.17) is 9.47 Å². The molecule has 0 unspecified atom stereocenters. The largest absolute Gasteiger partial charge is 0.438 e. The fourth-order valence-corrected chi connectivity index (χ4v) is 8.35. The van der Waals surface area contributed by atoms with Gasteiger partial charge in [0.2, 0.25) is 5.88 Å². The van der Waals surface area contributed by atoms with Crippen molar-refractivity contribution in [1.29, 1.82) is 0 Å². The van der Waals surface area contributed by atoms with E-state index in [1.807, 2.05) is 47.7 Å². The highest BCUT2D eigenvalue weighted by Crippen LogP contribution is 2.32. The molecule has 3 fully saturated rings. The van der Waals surface area contributed by atoms with Gasteiger partial charge in [-0.2, -0.15) is 0 Å². The van der Waals surface area contributed by atoms with E-state index in [1.54, 1.807) is 6.20 Å². The summed E-state index contributed by atoms with van der Waals surface area (Å²) >= 11 is 0. The van der Waals surface area contributed by atoms with Crippen molar-refractivity contribution in [3.8, 4) is 22.8 Å². The van der Waals surface area contributed by atoms with E-state index >= 15 is 0 Å². The summed E-state index contributed by atoms with van der Waals surface area (Å²) in [7, 11) is 2.20. The van der Waals surface area contributed by atoms with Crippen molar-refractivity contribution in [2.24, 2.45) is 0 Å². The van der Waals surface area contributed by atoms with Crippen molar-refractivity contribution in [1.82, 2.24) is 39.7 Å². The number of nitrogens with one attached hydrogen (secondary N) is 2. The molecular formula is C45H53FN8O4. The minimum atomic E-state index is -0.625. The molecular weight excluding hydrogens is 736 g/mol. The van der Waals surface area contributed by atoms with E-state index in [0.29, 0.717) is 37.1 Å². The lowest BCUT2D eigenvalue weighted by atomic mass is 9.91. The molecule has 58 heavy (non-hydrogen) atoms. The molecule has 1 aliphatic carbocycles. The van der Waals surface area contributed by atoms with Gasteiger partial charge in [0.25, 0.3) is 11.8 Å². The quantitative estimate of drug-likeness (QED) is 0.165. The minimum Gasteiger partial charge on any atom is -0.438 e. The van der Waals surface area contributed by atoms with Gasteiger partial charge in [0, 0.05) is 63.2 Å². The second-order valence-corrected chi connectivity index (χ2v) is 16.0. The number of pyridine rings is 2. The zero-order valence-electron chi connectivity index (χ0n) is 33.5. The Labute approximate surface area is 339 Å². The third kappa shape index (κ3) is 9.72. The first kappa shape index (κ1) is 39.6. The van der Waals surface area contributed by atoms with Gasteiger partial charge in [-0.25, -0.2) is 14.4 Å². The first-order valence-corrected chi connectivity index (χ1v) is 20.6. The average molecular weight is 789 g/mol. The van der Waals surface area contributed by atoms with Crippen LogP contribution >= 0.6 is 0 Å². The fourth-order valence-electron chi connectivity index (χ4n) is 8.35. The van der Waals surface area contributed by atoms with Crippen LogP contribution in [0.1, 0.15) is 69.8 Å². The molecule has 0 bridgehead atoms. The van der Waals surface area contributed by atoms with Gasteiger partial charge in [-0.1, -0.05) is 36.4 Å². The zero-order valence-corrected chi connectivity index (χ0v) is 33.5. The second-order valence-electron chi connectivity index (χ2n) is 16.0. The van der Waals surface area contributed by atoms with Crippen molar-refractivity contribution < 1.29 is 23.5 Å². The summed E-state index contributed by atoms with van der Waals surface area (Å²) in [5, 5.41) is 6.18. The van der Waals surface area contributed by atoms with Crippen LogP contribution in [0.25, 0.3) is 16.8 Å². The summed E-state index contributed by atoms with van der Waals surface area (Å²) in [5.74, 6) is -0.761. The first-order valence-electron chi connectivity index (χ1n) is 20.6. The van der Waals surface area contributed by atoms with Gasteiger partial charge in [-0.05, 0) is 112 Å². The number of aryl methyl sites for hydroxylation is 1. The van der Waals surface area contributed by atoms with Gasteiger partial charge < -0.3 is 29.4 Å². The van der Waals surface area contributed by atoms with E-state index in [2.05, 4.69) is 66.6 Å². The Hall–Kier alpha value is -5.21. The van der Waals surface area contributed by atoms with Gasteiger partial charge >= 0.3 is 0 Å². The van der Waals surface area contributed by atoms with Crippen LogP contribution in [0.3, 0.4) is 0 Å². The normalized spacial score (nSPS) is 19.8. The number of carbonyl (C=O) groups excluding carboxylic acids is 2. The van der Waals surface area contributed by atoms with Gasteiger partial charge in [0.1, 0.15) is 28.5 Å². The Kier molecular flexibility index (Phi) is 12.4. The highest BCUT2D eigenvalue weighted by molar-refractivity contribution is 5.96. The fraction of sp³-hybridized carbons (Fsp3) is 0.422. The molecule has 0 radical (unpaired) electrons. The number of hydrogen-bond acceptors (Lipinski definition) is 9. The molecule has 2 aromatic carbocycles. The molecule has 3 aromatic heterocycles. The number of imidazole rings is 1. The summed E-state index contributed by atoms with van der Waals surface area (Å²) in [6.07, 6.45) is 6.67. The molecule has 3 aliphatic rings. The number of morpholine rings is 1. The number of ether oxygens (including phenoxy) is 2. The van der Waals surface area contributed by atoms with E-state index in [0.717, 1.165) is 94.2 Å². The first-order chi connectivity index (χ1) is 28.2. The maximum atomic E-state index is 14.6. The maximum Gasteiger partial charge on any atom is 0.271 e. The molecule has 8 rings (SSSR count). The Balaban J connectivity index is 0.930. The summed E-state index contributed by atoms with van der Waals surface area (Å²) in [6.45, 7) is 11.3. The van der Waals surface area contributed by atoms with Crippen LogP contribution in [0.4, 0.5) is 4.39 Å². The van der Waals surface area contributed by atoms with Crippen molar-refractivity contribution in [3.05, 3.63) is 113 Å². The molecule has 0 spiro atoms. The molecule has 2 N–H and O–H groups in total. The standard InChI is InChI=1S/C45H53FN8O4/c1-31-6-3-9-42-50-41(30-54(31)42)44(56)49-37-13-11-36(12-14-37)48-43(55)40-26-35(46)27-47-45(40)58-38-8-4-7-33(25-38)39-15-10-32(28-52-17-5-16-51(2)18-19-52)24-34(39)29-53-20-22-57-23-21-53/h3-4,6-10,15,24-27,30,36-37H,5,11-14,16-23,28-29H2,1-2H3,(H,48,55)(H,49,56)/t36-,37+. The molecule has 2 saturated heterocycles. The second kappa shape index (κ2) is 18.2. The third-order valence-electron chi connectivity index (χ3n) is 11.6. The maximum absolute atomic E-state index is 14.6. The number of likely N-dealkylation sites (N-methyl/N-ethyl adjacent to an activating group) is 1. The number of carbonyl (C=O) groups is 2. The van der Waals surface area contributed by atoms with Crippen LogP contribution in [-0.4, -0.2) is 112 Å². The molecule has 12 nitrogen and oxygen atoms in total. The molecule has 0 atom stereocenters. The number of benzene rings is 2. The molecule has 2 amide bonds. The average Bonchev–Trinajstić information content (AvgIpc) is 3.58. The third-order valence-corrected chi connectivity index (χ3v) is 11.6. The smallest absolute Gasteiger partial charge is 0.271 e. The molecule has 5 aromatic rings. The Morgan fingerprint density at radius 2 is 1.60 bits per heavy atom. The van der Waals surface area contributed by atoms with Crippen LogP contribution < -0.4 is 15.4 Å².